The molecule has 2 heterocycles. The Morgan fingerprint density at radius 1 is 1.14 bits per heavy atom. The van der Waals surface area contributed by atoms with Gasteiger partial charge in [-0.05, 0) is 45.0 Å². The fraction of sp³-hybridized carbons (Fsp3) is 0.414. The molecule has 2 aromatic carbocycles. The number of carbonyl (C=O) groups excluding carboxylic acids is 3. The number of hydrogen-bond acceptors (Lipinski definition) is 7. The first-order chi connectivity index (χ1) is 20.5. The molecular formula is C29H33ClF2N3O7P. The predicted molar refractivity (Wildman–Crippen MR) is 157 cm³/mol. The molecule has 14 heteroatoms. The molecule has 2 unspecified atom stereocenters. The number of halogens is 3. The molecule has 0 saturated carbocycles. The zero-order chi connectivity index (χ0) is 31.3. The average molecular weight is 640 g/mol. The van der Waals surface area contributed by atoms with Gasteiger partial charge in [-0.15, -0.1) is 0 Å². The van der Waals surface area contributed by atoms with Gasteiger partial charge in [-0.1, -0.05) is 23.7 Å². The summed E-state index contributed by atoms with van der Waals surface area (Å²) in [4.78, 5) is 40.0. The minimum Gasteiger partial charge on any atom is -0.481 e. The Balaban J connectivity index is 1.50. The summed E-state index contributed by atoms with van der Waals surface area (Å²) in [6.07, 6.45) is -0.433. The fourth-order valence-electron chi connectivity index (χ4n) is 4.97. The van der Waals surface area contributed by atoms with Crippen molar-refractivity contribution in [3.05, 3.63) is 64.6 Å². The summed E-state index contributed by atoms with van der Waals surface area (Å²) in [5.74, 6) is -1.77. The zero-order valence-corrected chi connectivity index (χ0v) is 25.6. The SMILES string of the molecule is CCOP(=O)(COc1ccc2c(c1)c(C(C)=O)cn2CC(=O)N1CC(F)CC1C(=O)NCc1cccc(Cl)c1F)OCC. The molecule has 0 spiro atoms. The van der Waals surface area contributed by atoms with Gasteiger partial charge in [0.2, 0.25) is 11.8 Å². The number of ether oxygens (including phenoxy) is 1. The van der Waals surface area contributed by atoms with Crippen LogP contribution in [0.5, 0.6) is 5.75 Å². The van der Waals surface area contributed by atoms with Crippen LogP contribution in [0, 0.1) is 5.82 Å². The number of amides is 2. The molecule has 1 aliphatic heterocycles. The van der Waals surface area contributed by atoms with Crippen molar-refractivity contribution in [3.63, 3.8) is 0 Å². The number of carbonyl (C=O) groups is 3. The molecule has 3 aromatic rings. The molecule has 43 heavy (non-hydrogen) atoms. The Morgan fingerprint density at radius 2 is 1.86 bits per heavy atom. The number of hydrogen-bond donors (Lipinski definition) is 1. The molecule has 0 bridgehead atoms. The summed E-state index contributed by atoms with van der Waals surface area (Å²) in [5.41, 5.74) is 0.997. The van der Waals surface area contributed by atoms with Crippen LogP contribution in [0.2, 0.25) is 5.02 Å². The number of rotatable bonds is 13. The minimum atomic E-state index is -3.48. The normalized spacial score (nSPS) is 16.9. The number of benzene rings is 2. The van der Waals surface area contributed by atoms with Crippen molar-refractivity contribution in [1.82, 2.24) is 14.8 Å². The monoisotopic (exact) mass is 639 g/mol. The summed E-state index contributed by atoms with van der Waals surface area (Å²) in [6.45, 7) is 4.37. The molecule has 232 valence electrons. The van der Waals surface area contributed by atoms with Crippen molar-refractivity contribution in [1.29, 1.82) is 0 Å². The maximum Gasteiger partial charge on any atom is 0.367 e. The largest absolute Gasteiger partial charge is 0.481 e. The number of nitrogens with one attached hydrogen (secondary N) is 1. The Labute approximate surface area is 252 Å². The van der Waals surface area contributed by atoms with Crippen LogP contribution >= 0.6 is 19.2 Å². The van der Waals surface area contributed by atoms with E-state index in [2.05, 4.69) is 5.32 Å². The van der Waals surface area contributed by atoms with E-state index in [0.29, 0.717) is 22.2 Å². The van der Waals surface area contributed by atoms with Crippen molar-refractivity contribution < 1.29 is 41.5 Å². The first-order valence-corrected chi connectivity index (χ1v) is 15.9. The topological polar surface area (TPSA) is 116 Å². The third kappa shape index (κ3) is 7.62. The van der Waals surface area contributed by atoms with E-state index in [1.165, 1.54) is 25.3 Å². The lowest BCUT2D eigenvalue weighted by Crippen LogP contribution is -2.46. The summed E-state index contributed by atoms with van der Waals surface area (Å²) in [5, 5.41) is 2.97. The second kappa shape index (κ2) is 14.0. The quantitative estimate of drug-likeness (QED) is 0.194. The van der Waals surface area contributed by atoms with Crippen molar-refractivity contribution in [3.8, 4) is 5.75 Å². The van der Waals surface area contributed by atoms with E-state index in [-0.39, 0.29) is 62.0 Å². The Hall–Kier alpha value is -3.31. The van der Waals surface area contributed by atoms with E-state index < -0.39 is 37.4 Å². The van der Waals surface area contributed by atoms with Crippen LogP contribution in [0.4, 0.5) is 8.78 Å². The number of nitrogens with zero attached hydrogens (tertiary/aromatic N) is 2. The predicted octanol–water partition coefficient (Wildman–Crippen LogP) is 5.49. The van der Waals surface area contributed by atoms with Crippen molar-refractivity contribution in [2.75, 3.05) is 26.1 Å². The van der Waals surface area contributed by atoms with Crippen LogP contribution in [-0.2, 0) is 36.3 Å². The van der Waals surface area contributed by atoms with Gasteiger partial charge in [0.25, 0.3) is 0 Å². The van der Waals surface area contributed by atoms with E-state index >= 15 is 0 Å². The maximum atomic E-state index is 14.5. The number of Topliss-reactive ketones (excluding diaryl/α,β-unsaturated/α-hetero) is 1. The van der Waals surface area contributed by atoms with E-state index in [1.54, 1.807) is 42.7 Å². The zero-order valence-electron chi connectivity index (χ0n) is 24.0. The van der Waals surface area contributed by atoms with Crippen LogP contribution in [0.1, 0.15) is 43.1 Å². The first kappa shape index (κ1) is 32.6. The number of likely N-dealkylation sites (tertiary alicyclic amines) is 1. The second-order valence-corrected chi connectivity index (χ2v) is 12.4. The van der Waals surface area contributed by atoms with Crippen LogP contribution in [0.3, 0.4) is 0 Å². The molecule has 0 radical (unpaired) electrons. The molecule has 1 saturated heterocycles. The average Bonchev–Trinajstić information content (AvgIpc) is 3.53. The van der Waals surface area contributed by atoms with Crippen LogP contribution in [0.15, 0.2) is 42.6 Å². The van der Waals surface area contributed by atoms with Crippen molar-refractivity contribution >= 4 is 47.7 Å². The lowest BCUT2D eigenvalue weighted by atomic mass is 10.1. The van der Waals surface area contributed by atoms with Crippen molar-refractivity contribution in [2.45, 2.75) is 52.5 Å². The van der Waals surface area contributed by atoms with Gasteiger partial charge in [0.05, 0.1) is 24.8 Å². The molecule has 1 aliphatic rings. The van der Waals surface area contributed by atoms with E-state index in [1.807, 2.05) is 0 Å². The van der Waals surface area contributed by atoms with Gasteiger partial charge in [0.15, 0.2) is 12.1 Å². The molecular weight excluding hydrogens is 607 g/mol. The Bertz CT molecular complexity index is 1560. The molecule has 10 nitrogen and oxygen atoms in total. The Kier molecular flexibility index (Phi) is 10.6. The lowest BCUT2D eigenvalue weighted by Gasteiger charge is -2.24. The highest BCUT2D eigenvalue weighted by Crippen LogP contribution is 2.48. The second-order valence-electron chi connectivity index (χ2n) is 9.95. The molecule has 0 aliphatic carbocycles. The first-order valence-electron chi connectivity index (χ1n) is 13.7. The summed E-state index contributed by atoms with van der Waals surface area (Å²) in [7, 11) is -3.48. The highest BCUT2D eigenvalue weighted by molar-refractivity contribution is 7.53. The molecule has 4 rings (SSSR count). The minimum absolute atomic E-state index is 0.0909. The van der Waals surface area contributed by atoms with Gasteiger partial charge >= 0.3 is 7.60 Å². The maximum absolute atomic E-state index is 14.5. The number of aromatic nitrogens is 1. The smallest absolute Gasteiger partial charge is 0.367 e. The molecule has 2 atom stereocenters. The highest BCUT2D eigenvalue weighted by atomic mass is 35.5. The van der Waals surface area contributed by atoms with E-state index in [9.17, 15) is 27.7 Å². The molecule has 2 amide bonds. The molecule has 1 N–H and O–H groups in total. The third-order valence-corrected chi connectivity index (χ3v) is 8.98. The summed E-state index contributed by atoms with van der Waals surface area (Å²) in [6, 6.07) is 8.12. The number of ketones is 1. The van der Waals surface area contributed by atoms with Gasteiger partial charge in [0, 0.05) is 41.2 Å². The standard InChI is InChI=1S/C29H33ClF2N3O7P/c1-4-41-43(39,42-5-2)17-40-21-9-10-25-22(12-21)23(18(3)36)15-34(25)16-27(37)35-14-20(31)11-26(35)29(38)33-13-19-7-6-8-24(30)28(19)32/h6-10,12,15,20,26H,4-5,11,13-14,16-17H2,1-3H3,(H,33,38). The van der Waals surface area contributed by atoms with Crippen LogP contribution < -0.4 is 10.1 Å². The van der Waals surface area contributed by atoms with Gasteiger partial charge in [0.1, 0.15) is 30.3 Å². The van der Waals surface area contributed by atoms with Crippen molar-refractivity contribution in [2.24, 2.45) is 0 Å². The number of fused-ring (bicyclic) bond motifs is 1. The van der Waals surface area contributed by atoms with Gasteiger partial charge in [-0.2, -0.15) is 0 Å². The van der Waals surface area contributed by atoms with Crippen LogP contribution in [0.25, 0.3) is 10.9 Å². The lowest BCUT2D eigenvalue weighted by molar-refractivity contribution is -0.139. The van der Waals surface area contributed by atoms with Gasteiger partial charge in [-0.3, -0.25) is 18.9 Å². The van der Waals surface area contributed by atoms with Gasteiger partial charge < -0.3 is 28.6 Å². The van der Waals surface area contributed by atoms with E-state index in [4.69, 9.17) is 25.4 Å². The third-order valence-electron chi connectivity index (χ3n) is 6.94. The molecule has 1 fully saturated rings. The van der Waals surface area contributed by atoms with Crippen LogP contribution in [-0.4, -0.2) is 65.4 Å². The molecule has 1 aromatic heterocycles. The number of alkyl halides is 1. The highest BCUT2D eigenvalue weighted by Gasteiger charge is 2.40. The fourth-order valence-corrected chi connectivity index (χ4v) is 6.48. The Morgan fingerprint density at radius 3 is 2.53 bits per heavy atom. The summed E-state index contributed by atoms with van der Waals surface area (Å²) < 4.78 is 59.2. The van der Waals surface area contributed by atoms with Gasteiger partial charge in [-0.25, -0.2) is 8.78 Å². The summed E-state index contributed by atoms with van der Waals surface area (Å²) >= 11 is 5.80. The van der Waals surface area contributed by atoms with E-state index in [0.717, 1.165) is 4.90 Å².